The molecule has 6 heteroatoms. The number of carbonyl (C=O) groups excluding carboxylic acids is 1. The molecule has 0 radical (unpaired) electrons. The van der Waals surface area contributed by atoms with E-state index in [1.807, 2.05) is 60.4 Å². The van der Waals surface area contributed by atoms with E-state index in [-0.39, 0.29) is 11.8 Å². The summed E-state index contributed by atoms with van der Waals surface area (Å²) in [5.74, 6) is 2.08. The molecule has 0 bridgehead atoms. The number of hydrogen-bond acceptors (Lipinski definition) is 5. The predicted molar refractivity (Wildman–Crippen MR) is 105 cm³/mol. The van der Waals surface area contributed by atoms with Crippen molar-refractivity contribution in [1.29, 1.82) is 0 Å². The van der Waals surface area contributed by atoms with Crippen molar-refractivity contribution in [1.82, 2.24) is 15.0 Å². The van der Waals surface area contributed by atoms with Crippen molar-refractivity contribution < 1.29 is 14.1 Å². The zero-order valence-electron chi connectivity index (χ0n) is 16.1. The topological polar surface area (TPSA) is 68.5 Å². The van der Waals surface area contributed by atoms with Gasteiger partial charge in [-0.3, -0.25) is 4.79 Å². The minimum absolute atomic E-state index is 0.0710. The number of piperidine rings is 1. The lowest BCUT2D eigenvalue weighted by atomic mass is 9.96. The maximum Gasteiger partial charge on any atom is 0.257 e. The molecule has 1 aromatic heterocycles. The number of ether oxygens (including phenoxy) is 1. The number of methoxy groups -OCH3 is 1. The van der Waals surface area contributed by atoms with Crippen LogP contribution in [0.1, 0.15) is 40.5 Å². The quantitative estimate of drug-likeness (QED) is 0.685. The van der Waals surface area contributed by atoms with E-state index in [1.165, 1.54) is 0 Å². The largest absolute Gasteiger partial charge is 0.497 e. The number of carbonyl (C=O) groups is 1. The Balaban J connectivity index is 1.50. The summed E-state index contributed by atoms with van der Waals surface area (Å²) in [5, 5.41) is 4.19. The second-order valence-electron chi connectivity index (χ2n) is 7.09. The Morgan fingerprint density at radius 3 is 2.71 bits per heavy atom. The molecule has 4 rings (SSSR count). The lowest BCUT2D eigenvalue weighted by Crippen LogP contribution is -2.39. The summed E-state index contributed by atoms with van der Waals surface area (Å²) in [6, 6.07) is 15.2. The van der Waals surface area contributed by atoms with E-state index >= 15 is 0 Å². The zero-order valence-corrected chi connectivity index (χ0v) is 16.1. The van der Waals surface area contributed by atoms with Gasteiger partial charge in [0.15, 0.2) is 5.82 Å². The van der Waals surface area contributed by atoms with Crippen LogP contribution in [0.3, 0.4) is 0 Å². The molecule has 144 valence electrons. The number of amides is 1. The molecule has 1 saturated heterocycles. The van der Waals surface area contributed by atoms with Gasteiger partial charge in [0.05, 0.1) is 7.11 Å². The molecule has 1 amide bonds. The fourth-order valence-electron chi connectivity index (χ4n) is 3.61. The molecule has 28 heavy (non-hydrogen) atoms. The third-order valence-electron chi connectivity index (χ3n) is 5.23. The van der Waals surface area contributed by atoms with Crippen LogP contribution in [0.5, 0.6) is 5.75 Å². The fourth-order valence-corrected chi connectivity index (χ4v) is 3.61. The number of aromatic nitrogens is 2. The first-order valence-electron chi connectivity index (χ1n) is 9.48. The van der Waals surface area contributed by atoms with Gasteiger partial charge in [0, 0.05) is 30.1 Å². The third kappa shape index (κ3) is 3.63. The van der Waals surface area contributed by atoms with Crippen LogP contribution in [-0.4, -0.2) is 41.1 Å². The molecule has 3 aromatic rings. The second-order valence-corrected chi connectivity index (χ2v) is 7.09. The summed E-state index contributed by atoms with van der Waals surface area (Å²) in [5.41, 5.74) is 2.61. The Bertz CT molecular complexity index is 965. The smallest absolute Gasteiger partial charge is 0.257 e. The minimum atomic E-state index is 0.0710. The molecule has 1 fully saturated rings. The average molecular weight is 377 g/mol. The van der Waals surface area contributed by atoms with Gasteiger partial charge in [-0.1, -0.05) is 23.4 Å². The Hall–Kier alpha value is -3.15. The van der Waals surface area contributed by atoms with Crippen molar-refractivity contribution >= 4 is 5.91 Å². The molecule has 1 aliphatic heterocycles. The maximum atomic E-state index is 12.9. The molecule has 0 saturated carbocycles. The van der Waals surface area contributed by atoms with Gasteiger partial charge >= 0.3 is 0 Å². The summed E-state index contributed by atoms with van der Waals surface area (Å²) in [7, 11) is 1.63. The number of aryl methyl sites for hydroxylation is 1. The van der Waals surface area contributed by atoms with Crippen molar-refractivity contribution in [3.8, 4) is 17.2 Å². The SMILES string of the molecule is COc1ccc(-c2nc([C@@H]3CCCN(C(=O)c4ccccc4C)C3)no2)cc1. The predicted octanol–water partition coefficient (Wildman–Crippen LogP) is 4.07. The van der Waals surface area contributed by atoms with Crippen LogP contribution in [0.15, 0.2) is 53.1 Å². The number of likely N-dealkylation sites (tertiary alicyclic amines) is 1. The Morgan fingerprint density at radius 2 is 1.96 bits per heavy atom. The first kappa shape index (κ1) is 18.2. The Kier molecular flexibility index (Phi) is 5.10. The summed E-state index contributed by atoms with van der Waals surface area (Å²) >= 11 is 0. The molecule has 6 nitrogen and oxygen atoms in total. The van der Waals surface area contributed by atoms with Gasteiger partial charge in [0.2, 0.25) is 0 Å². The summed E-state index contributed by atoms with van der Waals surface area (Å²) in [6.45, 7) is 3.33. The Morgan fingerprint density at radius 1 is 1.18 bits per heavy atom. The van der Waals surface area contributed by atoms with Crippen LogP contribution < -0.4 is 4.74 Å². The monoisotopic (exact) mass is 377 g/mol. The van der Waals surface area contributed by atoms with E-state index in [9.17, 15) is 4.79 Å². The van der Waals surface area contributed by atoms with E-state index in [2.05, 4.69) is 10.1 Å². The number of rotatable bonds is 4. The molecule has 1 aliphatic rings. The summed E-state index contributed by atoms with van der Waals surface area (Å²) in [4.78, 5) is 19.4. The van der Waals surface area contributed by atoms with Gasteiger partial charge in [-0.2, -0.15) is 4.98 Å². The first-order valence-corrected chi connectivity index (χ1v) is 9.48. The van der Waals surface area contributed by atoms with Crippen LogP contribution in [0.2, 0.25) is 0 Å². The van der Waals surface area contributed by atoms with Crippen LogP contribution in [0.4, 0.5) is 0 Å². The molecule has 0 N–H and O–H groups in total. The molecular weight excluding hydrogens is 354 g/mol. The van der Waals surface area contributed by atoms with E-state index in [0.717, 1.165) is 41.8 Å². The standard InChI is InChI=1S/C22H23N3O3/c1-15-6-3-4-8-19(15)22(26)25-13-5-7-17(14-25)20-23-21(28-24-20)16-9-11-18(27-2)12-10-16/h3-4,6,8-12,17H,5,7,13-14H2,1-2H3/t17-/m1/s1. The van der Waals surface area contributed by atoms with Gasteiger partial charge in [-0.25, -0.2) is 0 Å². The van der Waals surface area contributed by atoms with Gasteiger partial charge in [0.25, 0.3) is 11.8 Å². The van der Waals surface area contributed by atoms with Crippen molar-refractivity contribution in [3.05, 3.63) is 65.5 Å². The van der Waals surface area contributed by atoms with Gasteiger partial charge in [-0.05, 0) is 55.7 Å². The highest BCUT2D eigenvalue weighted by Crippen LogP contribution is 2.28. The van der Waals surface area contributed by atoms with Crippen LogP contribution in [0.25, 0.3) is 11.5 Å². The molecule has 0 unspecified atom stereocenters. The van der Waals surface area contributed by atoms with Crippen molar-refractivity contribution in [2.24, 2.45) is 0 Å². The number of hydrogen-bond donors (Lipinski definition) is 0. The number of nitrogens with zero attached hydrogens (tertiary/aromatic N) is 3. The highest BCUT2D eigenvalue weighted by atomic mass is 16.5. The van der Waals surface area contributed by atoms with E-state index in [0.29, 0.717) is 18.3 Å². The average Bonchev–Trinajstić information content (AvgIpc) is 3.24. The van der Waals surface area contributed by atoms with E-state index < -0.39 is 0 Å². The number of benzene rings is 2. The fraction of sp³-hybridized carbons (Fsp3) is 0.318. The molecular formula is C22H23N3O3. The maximum absolute atomic E-state index is 12.9. The zero-order chi connectivity index (χ0) is 19.5. The first-order chi connectivity index (χ1) is 13.7. The molecule has 0 spiro atoms. The van der Waals surface area contributed by atoms with Crippen molar-refractivity contribution in [3.63, 3.8) is 0 Å². The van der Waals surface area contributed by atoms with E-state index in [1.54, 1.807) is 7.11 Å². The van der Waals surface area contributed by atoms with Gasteiger partial charge < -0.3 is 14.2 Å². The third-order valence-corrected chi connectivity index (χ3v) is 5.23. The van der Waals surface area contributed by atoms with Crippen LogP contribution >= 0.6 is 0 Å². The second kappa shape index (κ2) is 7.84. The Labute approximate surface area is 164 Å². The highest BCUT2D eigenvalue weighted by molar-refractivity contribution is 5.95. The molecule has 2 heterocycles. The van der Waals surface area contributed by atoms with Crippen LogP contribution in [0, 0.1) is 6.92 Å². The molecule has 2 aromatic carbocycles. The highest BCUT2D eigenvalue weighted by Gasteiger charge is 2.29. The molecule has 0 aliphatic carbocycles. The van der Waals surface area contributed by atoms with Gasteiger partial charge in [-0.15, -0.1) is 0 Å². The minimum Gasteiger partial charge on any atom is -0.497 e. The van der Waals surface area contributed by atoms with E-state index in [4.69, 9.17) is 9.26 Å². The molecule has 1 atom stereocenters. The lowest BCUT2D eigenvalue weighted by Gasteiger charge is -2.31. The van der Waals surface area contributed by atoms with Gasteiger partial charge in [0.1, 0.15) is 5.75 Å². The normalized spacial score (nSPS) is 16.8. The summed E-state index contributed by atoms with van der Waals surface area (Å²) < 4.78 is 10.7. The van der Waals surface area contributed by atoms with Crippen molar-refractivity contribution in [2.45, 2.75) is 25.7 Å². The van der Waals surface area contributed by atoms with Crippen LogP contribution in [-0.2, 0) is 0 Å². The lowest BCUT2D eigenvalue weighted by molar-refractivity contribution is 0.0703. The summed E-state index contributed by atoms with van der Waals surface area (Å²) in [6.07, 6.45) is 1.87. The van der Waals surface area contributed by atoms with Crippen molar-refractivity contribution in [2.75, 3.05) is 20.2 Å².